The summed E-state index contributed by atoms with van der Waals surface area (Å²) in [6.07, 6.45) is 1.88. The van der Waals surface area contributed by atoms with Gasteiger partial charge in [0, 0.05) is 43.3 Å². The highest BCUT2D eigenvalue weighted by Crippen LogP contribution is 2.17. The van der Waals surface area contributed by atoms with Crippen molar-refractivity contribution in [2.45, 2.75) is 19.5 Å². The summed E-state index contributed by atoms with van der Waals surface area (Å²) < 4.78 is 0. The van der Waals surface area contributed by atoms with E-state index in [1.165, 1.54) is 4.88 Å². The molecule has 15 heavy (non-hydrogen) atoms. The van der Waals surface area contributed by atoms with Crippen LogP contribution in [0.3, 0.4) is 0 Å². The maximum Gasteiger partial charge on any atom is 0.180 e. The van der Waals surface area contributed by atoms with Crippen LogP contribution < -0.4 is 11.1 Å². The molecule has 1 aromatic rings. The molecule has 0 spiro atoms. The van der Waals surface area contributed by atoms with E-state index in [0.717, 1.165) is 26.2 Å². The molecule has 0 aromatic carbocycles. The highest BCUT2D eigenvalue weighted by atomic mass is 35.5. The van der Waals surface area contributed by atoms with Crippen molar-refractivity contribution in [1.82, 2.24) is 15.2 Å². The third kappa shape index (κ3) is 3.61. The summed E-state index contributed by atoms with van der Waals surface area (Å²) >= 11 is 1.59. The van der Waals surface area contributed by atoms with Crippen molar-refractivity contribution >= 4 is 28.9 Å². The van der Waals surface area contributed by atoms with Gasteiger partial charge in [-0.05, 0) is 6.92 Å². The van der Waals surface area contributed by atoms with Gasteiger partial charge in [0.15, 0.2) is 5.13 Å². The lowest BCUT2D eigenvalue weighted by molar-refractivity contribution is 0.201. The van der Waals surface area contributed by atoms with Crippen LogP contribution in [0.2, 0.25) is 0 Å². The normalized spacial score (nSPS) is 22.3. The predicted octanol–water partition coefficient (Wildman–Crippen LogP) is 0.941. The number of nitrogen functional groups attached to an aromatic ring is 1. The molecule has 0 bridgehead atoms. The fourth-order valence-corrected chi connectivity index (χ4v) is 2.50. The Morgan fingerprint density at radius 2 is 2.53 bits per heavy atom. The average Bonchev–Trinajstić information content (AvgIpc) is 2.51. The highest BCUT2D eigenvalue weighted by Gasteiger charge is 2.16. The Bertz CT molecular complexity index is 304. The molecule has 86 valence electrons. The second-order valence-electron chi connectivity index (χ2n) is 3.76. The lowest BCUT2D eigenvalue weighted by Crippen LogP contribution is -2.48. The number of piperazine rings is 1. The Morgan fingerprint density at radius 1 is 1.73 bits per heavy atom. The molecule has 2 heterocycles. The number of thiazole rings is 1. The van der Waals surface area contributed by atoms with E-state index in [2.05, 4.69) is 22.1 Å². The van der Waals surface area contributed by atoms with Gasteiger partial charge in [-0.25, -0.2) is 4.98 Å². The van der Waals surface area contributed by atoms with E-state index in [4.69, 9.17) is 5.73 Å². The summed E-state index contributed by atoms with van der Waals surface area (Å²) in [6, 6.07) is 0.592. The molecule has 1 saturated heterocycles. The molecule has 1 aromatic heterocycles. The van der Waals surface area contributed by atoms with Crippen molar-refractivity contribution in [2.75, 3.05) is 25.4 Å². The molecule has 1 fully saturated rings. The molecule has 3 N–H and O–H groups in total. The maximum atomic E-state index is 5.59. The van der Waals surface area contributed by atoms with Crippen LogP contribution in [-0.2, 0) is 6.54 Å². The van der Waals surface area contributed by atoms with Crippen LogP contribution in [0.5, 0.6) is 0 Å². The summed E-state index contributed by atoms with van der Waals surface area (Å²) in [6.45, 7) is 6.50. The predicted molar refractivity (Wildman–Crippen MR) is 66.5 cm³/mol. The van der Waals surface area contributed by atoms with Gasteiger partial charge < -0.3 is 11.1 Å². The standard InChI is InChI=1S/C9H16N4S.ClH/c1-7-5-13(3-2-11-7)6-8-4-12-9(10)14-8;/h4,7,11H,2-3,5-6H2,1H3,(H2,10,12);1H/t7-;/m0./s1. The third-order valence-electron chi connectivity index (χ3n) is 2.40. The van der Waals surface area contributed by atoms with Crippen LogP contribution in [0.4, 0.5) is 5.13 Å². The smallest absolute Gasteiger partial charge is 0.180 e. The van der Waals surface area contributed by atoms with Gasteiger partial charge in [0.1, 0.15) is 0 Å². The molecule has 1 aliphatic rings. The summed E-state index contributed by atoms with van der Waals surface area (Å²) in [7, 11) is 0. The number of halogens is 1. The fraction of sp³-hybridized carbons (Fsp3) is 0.667. The number of anilines is 1. The van der Waals surface area contributed by atoms with Gasteiger partial charge in [-0.1, -0.05) is 0 Å². The lowest BCUT2D eigenvalue weighted by Gasteiger charge is -2.31. The van der Waals surface area contributed by atoms with E-state index in [0.29, 0.717) is 11.2 Å². The van der Waals surface area contributed by atoms with Gasteiger partial charge in [-0.15, -0.1) is 23.7 Å². The Morgan fingerprint density at radius 3 is 3.13 bits per heavy atom. The Balaban J connectivity index is 0.00000112. The monoisotopic (exact) mass is 248 g/mol. The zero-order valence-corrected chi connectivity index (χ0v) is 10.4. The van der Waals surface area contributed by atoms with Gasteiger partial charge in [-0.2, -0.15) is 0 Å². The van der Waals surface area contributed by atoms with Crippen molar-refractivity contribution in [3.05, 3.63) is 11.1 Å². The Labute approximate surface area is 100 Å². The number of nitrogens with two attached hydrogens (primary N) is 1. The molecule has 0 radical (unpaired) electrons. The van der Waals surface area contributed by atoms with Crippen LogP contribution in [0.1, 0.15) is 11.8 Å². The summed E-state index contributed by atoms with van der Waals surface area (Å²) in [4.78, 5) is 7.75. The second kappa shape index (κ2) is 5.65. The molecule has 4 nitrogen and oxygen atoms in total. The summed E-state index contributed by atoms with van der Waals surface area (Å²) in [5, 5.41) is 4.09. The number of nitrogens with one attached hydrogen (secondary N) is 1. The molecule has 2 rings (SSSR count). The van der Waals surface area contributed by atoms with Gasteiger partial charge >= 0.3 is 0 Å². The van der Waals surface area contributed by atoms with E-state index in [1.54, 1.807) is 11.3 Å². The Hall–Kier alpha value is -0.360. The van der Waals surface area contributed by atoms with Gasteiger partial charge in [-0.3, -0.25) is 4.90 Å². The van der Waals surface area contributed by atoms with E-state index < -0.39 is 0 Å². The number of rotatable bonds is 2. The Kier molecular flexibility index (Phi) is 4.79. The van der Waals surface area contributed by atoms with Crippen molar-refractivity contribution < 1.29 is 0 Å². The molecular formula is C9H17ClN4S. The zero-order chi connectivity index (χ0) is 9.97. The van der Waals surface area contributed by atoms with Gasteiger partial charge in [0.2, 0.25) is 0 Å². The van der Waals surface area contributed by atoms with Gasteiger partial charge in [0.05, 0.1) is 0 Å². The molecule has 6 heteroatoms. The van der Waals surface area contributed by atoms with Crippen LogP contribution >= 0.6 is 23.7 Å². The first-order chi connectivity index (χ1) is 6.74. The molecular weight excluding hydrogens is 232 g/mol. The quantitative estimate of drug-likeness (QED) is 0.818. The van der Waals surface area contributed by atoms with E-state index in [-0.39, 0.29) is 12.4 Å². The molecule has 0 unspecified atom stereocenters. The topological polar surface area (TPSA) is 54.2 Å². The maximum absolute atomic E-state index is 5.59. The largest absolute Gasteiger partial charge is 0.375 e. The molecule has 0 aliphatic carbocycles. The number of hydrogen-bond donors (Lipinski definition) is 2. The number of aromatic nitrogens is 1. The van der Waals surface area contributed by atoms with Crippen molar-refractivity contribution in [3.63, 3.8) is 0 Å². The van der Waals surface area contributed by atoms with Crippen molar-refractivity contribution in [1.29, 1.82) is 0 Å². The fourth-order valence-electron chi connectivity index (χ4n) is 1.77. The first-order valence-corrected chi connectivity index (χ1v) is 5.71. The van der Waals surface area contributed by atoms with Crippen molar-refractivity contribution in [2.24, 2.45) is 0 Å². The minimum absolute atomic E-state index is 0. The molecule has 1 atom stereocenters. The minimum atomic E-state index is 0. The molecule has 1 aliphatic heterocycles. The van der Waals surface area contributed by atoms with Crippen LogP contribution in [0.15, 0.2) is 6.20 Å². The molecule has 0 saturated carbocycles. The first kappa shape index (κ1) is 12.7. The van der Waals surface area contributed by atoms with Gasteiger partial charge in [0.25, 0.3) is 0 Å². The van der Waals surface area contributed by atoms with E-state index in [9.17, 15) is 0 Å². The lowest BCUT2D eigenvalue weighted by atomic mass is 10.2. The van der Waals surface area contributed by atoms with Crippen LogP contribution in [0.25, 0.3) is 0 Å². The summed E-state index contributed by atoms with van der Waals surface area (Å²) in [5.74, 6) is 0. The minimum Gasteiger partial charge on any atom is -0.375 e. The highest BCUT2D eigenvalue weighted by molar-refractivity contribution is 7.15. The SMILES string of the molecule is C[C@H]1CN(Cc2cnc(N)s2)CCN1.Cl. The van der Waals surface area contributed by atoms with E-state index >= 15 is 0 Å². The first-order valence-electron chi connectivity index (χ1n) is 4.90. The zero-order valence-electron chi connectivity index (χ0n) is 8.77. The average molecular weight is 249 g/mol. The van der Waals surface area contributed by atoms with Crippen LogP contribution in [-0.4, -0.2) is 35.6 Å². The van der Waals surface area contributed by atoms with Crippen LogP contribution in [0, 0.1) is 0 Å². The third-order valence-corrected chi connectivity index (χ3v) is 3.22. The second-order valence-corrected chi connectivity index (χ2v) is 4.90. The number of hydrogen-bond acceptors (Lipinski definition) is 5. The summed E-state index contributed by atoms with van der Waals surface area (Å²) in [5.41, 5.74) is 5.59. The van der Waals surface area contributed by atoms with Crippen molar-refractivity contribution in [3.8, 4) is 0 Å². The molecule has 0 amide bonds. The van der Waals surface area contributed by atoms with E-state index in [1.807, 2.05) is 6.20 Å². The number of nitrogens with zero attached hydrogens (tertiary/aromatic N) is 2.